The molecule has 0 aromatic heterocycles. The lowest BCUT2D eigenvalue weighted by molar-refractivity contribution is 0.00340. The van der Waals surface area contributed by atoms with Crippen molar-refractivity contribution in [3.63, 3.8) is 0 Å². The fraction of sp³-hybridized carbons (Fsp3) is 1.00. The minimum Gasteiger partial charge on any atom is -0.391 e. The normalized spacial score (nSPS) is 13.5. The Hall–Kier alpha value is 0.234. The van der Waals surface area contributed by atoms with Crippen LogP contribution in [0.3, 0.4) is 0 Å². The van der Waals surface area contributed by atoms with Crippen LogP contribution in [0.25, 0.3) is 0 Å². The average molecular weight is 380 g/mol. The lowest BCUT2D eigenvalue weighted by Crippen LogP contribution is -2.51. The Bertz CT molecular complexity index is 286. The molecule has 0 saturated carbocycles. The van der Waals surface area contributed by atoms with Crippen LogP contribution in [0.4, 0.5) is 0 Å². The average Bonchev–Trinajstić information content (AvgIpc) is 2.31. The minimum absolute atomic E-state index is 0.0573. The summed E-state index contributed by atoms with van der Waals surface area (Å²) in [6.45, 7) is 20.3. The highest BCUT2D eigenvalue weighted by atomic mass is 28.4. The van der Waals surface area contributed by atoms with Gasteiger partial charge in [0, 0.05) is 36.6 Å². The number of rotatable bonds is 13. The quantitative estimate of drug-likeness (QED) is 0.440. The summed E-state index contributed by atoms with van der Waals surface area (Å²) in [6.07, 6.45) is 0.471. The molecule has 0 amide bonds. The van der Waals surface area contributed by atoms with Gasteiger partial charge in [0.1, 0.15) is 0 Å². The van der Waals surface area contributed by atoms with Gasteiger partial charge in [0.25, 0.3) is 0 Å². The second kappa shape index (κ2) is 11.8. The Balaban J connectivity index is 5.15. The van der Waals surface area contributed by atoms with Crippen LogP contribution in [0.2, 0.25) is 12.1 Å². The summed E-state index contributed by atoms with van der Waals surface area (Å²) in [5.74, 6) is 0. The van der Waals surface area contributed by atoms with Gasteiger partial charge in [-0.1, -0.05) is 0 Å². The first-order valence-corrected chi connectivity index (χ1v) is 12.6. The van der Waals surface area contributed by atoms with Gasteiger partial charge in [-0.2, -0.15) is 0 Å². The van der Waals surface area contributed by atoms with E-state index in [9.17, 15) is 0 Å². The van der Waals surface area contributed by atoms with E-state index in [0.29, 0.717) is 0 Å². The first-order chi connectivity index (χ1) is 11.0. The predicted octanol–water partition coefficient (Wildman–Crippen LogP) is 4.54. The lowest BCUT2D eigenvalue weighted by Gasteiger charge is -2.35. The Labute approximate surface area is 152 Å². The molecule has 0 spiro atoms. The second-order valence-electron chi connectivity index (χ2n) is 7.39. The molecule has 0 aromatic rings. The third-order valence-corrected chi connectivity index (χ3v) is 8.60. The van der Waals surface area contributed by atoms with Gasteiger partial charge in [0.2, 0.25) is 0 Å². The lowest BCUT2D eigenvalue weighted by atomic mass is 10.5. The zero-order chi connectivity index (χ0) is 18.9. The first kappa shape index (κ1) is 24.2. The maximum Gasteiger partial charge on any atom is 0.501 e. The predicted molar refractivity (Wildman–Crippen MR) is 102 cm³/mol. The van der Waals surface area contributed by atoms with E-state index in [-0.39, 0.29) is 30.5 Å². The van der Waals surface area contributed by atoms with Gasteiger partial charge >= 0.3 is 18.1 Å². The van der Waals surface area contributed by atoms with Gasteiger partial charge in [-0.15, -0.1) is 0 Å². The molecule has 0 aromatic carbocycles. The summed E-state index contributed by atoms with van der Waals surface area (Å²) >= 11 is 0. The van der Waals surface area contributed by atoms with E-state index in [0.717, 1.165) is 12.1 Å². The molecular formula is C17H39O5Si2. The molecule has 0 aliphatic carbocycles. The standard InChI is InChI=1S/C17H39O5Si2/c1-13(2)18-23(19-14(3)4)11-12-24(20-15(5)6,21-16(7)8)22-17(9)10/h13-17H,11-12H2,1-10H3. The second-order valence-corrected chi connectivity index (χ2v) is 11.7. The molecule has 5 nitrogen and oxygen atoms in total. The molecule has 0 N–H and O–H groups in total. The molecule has 0 rings (SSSR count). The highest BCUT2D eigenvalue weighted by Crippen LogP contribution is 2.25. The molecular weight excluding hydrogens is 340 g/mol. The zero-order valence-corrected chi connectivity index (χ0v) is 19.3. The van der Waals surface area contributed by atoms with Crippen molar-refractivity contribution in [2.24, 2.45) is 0 Å². The highest BCUT2D eigenvalue weighted by Gasteiger charge is 2.45. The molecule has 145 valence electrons. The van der Waals surface area contributed by atoms with Crippen molar-refractivity contribution in [2.75, 3.05) is 0 Å². The van der Waals surface area contributed by atoms with E-state index in [1.807, 2.05) is 69.2 Å². The smallest absolute Gasteiger partial charge is 0.391 e. The van der Waals surface area contributed by atoms with E-state index in [2.05, 4.69) is 0 Å². The highest BCUT2D eigenvalue weighted by molar-refractivity contribution is 6.62. The third kappa shape index (κ3) is 11.7. The van der Waals surface area contributed by atoms with Crippen molar-refractivity contribution < 1.29 is 22.1 Å². The molecule has 0 bridgehead atoms. The van der Waals surface area contributed by atoms with Gasteiger partial charge in [0.05, 0.1) is 0 Å². The van der Waals surface area contributed by atoms with Crippen molar-refractivity contribution in [1.82, 2.24) is 0 Å². The number of hydrogen-bond donors (Lipinski definition) is 0. The van der Waals surface area contributed by atoms with Gasteiger partial charge in [-0.3, -0.25) is 0 Å². The van der Waals surface area contributed by atoms with Gasteiger partial charge in [-0.05, 0) is 75.3 Å². The Kier molecular flexibility index (Phi) is 11.9. The molecule has 24 heavy (non-hydrogen) atoms. The van der Waals surface area contributed by atoms with Crippen LogP contribution in [-0.2, 0) is 22.1 Å². The molecule has 1 radical (unpaired) electrons. The number of hydrogen-bond acceptors (Lipinski definition) is 5. The molecule has 0 aliphatic rings. The fourth-order valence-corrected chi connectivity index (χ4v) is 8.32. The van der Waals surface area contributed by atoms with Gasteiger partial charge < -0.3 is 22.1 Å². The molecule has 7 heteroatoms. The largest absolute Gasteiger partial charge is 0.501 e. The maximum absolute atomic E-state index is 6.22. The Morgan fingerprint density at radius 3 is 1.17 bits per heavy atom. The van der Waals surface area contributed by atoms with Gasteiger partial charge in [-0.25, -0.2) is 0 Å². The van der Waals surface area contributed by atoms with Crippen LogP contribution < -0.4 is 0 Å². The third-order valence-electron chi connectivity index (χ3n) is 2.62. The zero-order valence-electron chi connectivity index (χ0n) is 17.3. The van der Waals surface area contributed by atoms with Crippen LogP contribution >= 0.6 is 0 Å². The van der Waals surface area contributed by atoms with E-state index in [4.69, 9.17) is 22.1 Å². The summed E-state index contributed by atoms with van der Waals surface area (Å²) in [5.41, 5.74) is 0. The van der Waals surface area contributed by atoms with Crippen LogP contribution in [0.1, 0.15) is 69.2 Å². The Morgan fingerprint density at radius 1 is 0.583 bits per heavy atom. The summed E-state index contributed by atoms with van der Waals surface area (Å²) in [4.78, 5) is 0. The van der Waals surface area contributed by atoms with Crippen molar-refractivity contribution in [1.29, 1.82) is 0 Å². The monoisotopic (exact) mass is 379 g/mol. The minimum atomic E-state index is -2.78. The summed E-state index contributed by atoms with van der Waals surface area (Å²) in [7, 11) is -4.17. The maximum atomic E-state index is 6.22. The molecule has 0 atom stereocenters. The van der Waals surface area contributed by atoms with E-state index < -0.39 is 18.1 Å². The van der Waals surface area contributed by atoms with Crippen molar-refractivity contribution in [3.8, 4) is 0 Å². The van der Waals surface area contributed by atoms with E-state index in [1.165, 1.54) is 0 Å². The SMILES string of the molecule is CC(C)O[Si](CC[Si](OC(C)C)(OC(C)C)OC(C)C)OC(C)C. The molecule has 0 heterocycles. The molecule has 0 aliphatic heterocycles. The van der Waals surface area contributed by atoms with E-state index in [1.54, 1.807) is 0 Å². The molecule has 0 fully saturated rings. The van der Waals surface area contributed by atoms with Crippen LogP contribution in [0.5, 0.6) is 0 Å². The van der Waals surface area contributed by atoms with E-state index >= 15 is 0 Å². The van der Waals surface area contributed by atoms with Crippen molar-refractivity contribution in [2.45, 2.75) is 112 Å². The molecule has 0 saturated heterocycles. The van der Waals surface area contributed by atoms with Crippen LogP contribution in [0.15, 0.2) is 0 Å². The topological polar surface area (TPSA) is 46.2 Å². The summed E-state index contributed by atoms with van der Waals surface area (Å²) in [6, 6.07) is 1.51. The molecule has 0 unspecified atom stereocenters. The summed E-state index contributed by atoms with van der Waals surface area (Å²) < 4.78 is 30.7. The first-order valence-electron chi connectivity index (χ1n) is 9.18. The van der Waals surface area contributed by atoms with Crippen molar-refractivity contribution >= 4 is 18.1 Å². The van der Waals surface area contributed by atoms with Gasteiger partial charge in [0.15, 0.2) is 0 Å². The van der Waals surface area contributed by atoms with Crippen molar-refractivity contribution in [3.05, 3.63) is 0 Å². The fourth-order valence-electron chi connectivity index (χ4n) is 2.26. The van der Waals surface area contributed by atoms with Crippen LogP contribution in [0, 0.1) is 0 Å². The summed E-state index contributed by atoms with van der Waals surface area (Å²) in [5, 5.41) is 0. The van der Waals surface area contributed by atoms with Crippen LogP contribution in [-0.4, -0.2) is 48.6 Å². The Morgan fingerprint density at radius 2 is 0.917 bits per heavy atom.